The first kappa shape index (κ1) is 11.9. The SMILES string of the molecule is CCCNc1nc(NC2CC2C)nc(OC)n1. The molecule has 1 fully saturated rings. The summed E-state index contributed by atoms with van der Waals surface area (Å²) in [5.41, 5.74) is 0. The molecule has 0 bridgehead atoms. The Hall–Kier alpha value is -1.59. The van der Waals surface area contributed by atoms with Crippen molar-refractivity contribution in [3.05, 3.63) is 0 Å². The van der Waals surface area contributed by atoms with Crippen LogP contribution in [0.1, 0.15) is 26.7 Å². The van der Waals surface area contributed by atoms with Crippen molar-refractivity contribution in [2.24, 2.45) is 5.92 Å². The van der Waals surface area contributed by atoms with E-state index in [9.17, 15) is 0 Å². The lowest BCUT2D eigenvalue weighted by molar-refractivity contribution is 0.379. The van der Waals surface area contributed by atoms with Crippen LogP contribution in [-0.2, 0) is 0 Å². The normalized spacial score (nSPS) is 22.1. The van der Waals surface area contributed by atoms with Crippen molar-refractivity contribution < 1.29 is 4.74 Å². The minimum atomic E-state index is 0.342. The molecule has 1 aromatic heterocycles. The molecule has 0 radical (unpaired) electrons. The summed E-state index contributed by atoms with van der Waals surface area (Å²) in [6.45, 7) is 5.13. The van der Waals surface area contributed by atoms with Crippen LogP contribution in [0.4, 0.5) is 11.9 Å². The minimum absolute atomic E-state index is 0.342. The molecular formula is C11H19N5O. The van der Waals surface area contributed by atoms with Gasteiger partial charge in [-0.2, -0.15) is 15.0 Å². The fourth-order valence-electron chi connectivity index (χ4n) is 1.52. The fraction of sp³-hybridized carbons (Fsp3) is 0.727. The Bertz CT molecular complexity index is 384. The van der Waals surface area contributed by atoms with E-state index in [0.29, 0.717) is 29.9 Å². The fourth-order valence-corrected chi connectivity index (χ4v) is 1.52. The number of nitrogens with one attached hydrogen (secondary N) is 2. The number of aromatic nitrogens is 3. The molecular weight excluding hydrogens is 218 g/mol. The zero-order valence-corrected chi connectivity index (χ0v) is 10.5. The maximum Gasteiger partial charge on any atom is 0.322 e. The van der Waals surface area contributed by atoms with Crippen LogP contribution in [0.5, 0.6) is 6.01 Å². The second-order valence-corrected chi connectivity index (χ2v) is 4.36. The van der Waals surface area contributed by atoms with E-state index < -0.39 is 0 Å². The molecule has 1 aromatic rings. The van der Waals surface area contributed by atoms with Gasteiger partial charge >= 0.3 is 6.01 Å². The molecule has 0 aromatic carbocycles. The molecule has 2 rings (SSSR count). The van der Waals surface area contributed by atoms with Gasteiger partial charge in [0.1, 0.15) is 0 Å². The van der Waals surface area contributed by atoms with E-state index in [0.717, 1.165) is 13.0 Å². The van der Waals surface area contributed by atoms with Gasteiger partial charge < -0.3 is 15.4 Å². The summed E-state index contributed by atoms with van der Waals surface area (Å²) < 4.78 is 5.06. The Kier molecular flexibility index (Phi) is 3.61. The van der Waals surface area contributed by atoms with Gasteiger partial charge in [0, 0.05) is 12.6 Å². The van der Waals surface area contributed by atoms with Gasteiger partial charge in [0.2, 0.25) is 11.9 Å². The summed E-state index contributed by atoms with van der Waals surface area (Å²) in [6.07, 6.45) is 2.20. The second-order valence-electron chi connectivity index (χ2n) is 4.36. The predicted octanol–water partition coefficient (Wildman–Crippen LogP) is 1.52. The highest BCUT2D eigenvalue weighted by Gasteiger charge is 2.33. The van der Waals surface area contributed by atoms with Crippen LogP contribution in [0, 0.1) is 5.92 Å². The topological polar surface area (TPSA) is 72.0 Å². The van der Waals surface area contributed by atoms with E-state index in [-0.39, 0.29) is 0 Å². The van der Waals surface area contributed by atoms with E-state index in [4.69, 9.17) is 4.74 Å². The Morgan fingerprint density at radius 1 is 1.29 bits per heavy atom. The van der Waals surface area contributed by atoms with Gasteiger partial charge in [-0.25, -0.2) is 0 Å². The summed E-state index contributed by atoms with van der Waals surface area (Å²) in [7, 11) is 1.56. The molecule has 0 amide bonds. The summed E-state index contributed by atoms with van der Waals surface area (Å²) >= 11 is 0. The van der Waals surface area contributed by atoms with E-state index >= 15 is 0 Å². The number of nitrogens with zero attached hydrogens (tertiary/aromatic N) is 3. The van der Waals surface area contributed by atoms with Gasteiger partial charge in [0.05, 0.1) is 7.11 Å². The summed E-state index contributed by atoms with van der Waals surface area (Å²) in [5, 5.41) is 6.41. The van der Waals surface area contributed by atoms with Gasteiger partial charge in [-0.15, -0.1) is 0 Å². The molecule has 1 saturated carbocycles. The van der Waals surface area contributed by atoms with Crippen LogP contribution in [-0.4, -0.2) is 34.6 Å². The van der Waals surface area contributed by atoms with Gasteiger partial charge in [0.25, 0.3) is 0 Å². The molecule has 94 valence electrons. The lowest BCUT2D eigenvalue weighted by atomic mass is 10.5. The number of hydrogen-bond acceptors (Lipinski definition) is 6. The lowest BCUT2D eigenvalue weighted by Gasteiger charge is -2.08. The van der Waals surface area contributed by atoms with Crippen molar-refractivity contribution in [1.29, 1.82) is 0 Å². The van der Waals surface area contributed by atoms with Crippen molar-refractivity contribution in [2.75, 3.05) is 24.3 Å². The molecule has 6 heteroatoms. The maximum absolute atomic E-state index is 5.06. The molecule has 0 spiro atoms. The van der Waals surface area contributed by atoms with Crippen LogP contribution in [0.15, 0.2) is 0 Å². The number of hydrogen-bond donors (Lipinski definition) is 2. The van der Waals surface area contributed by atoms with Crippen molar-refractivity contribution in [2.45, 2.75) is 32.7 Å². The van der Waals surface area contributed by atoms with Crippen LogP contribution in [0.2, 0.25) is 0 Å². The number of anilines is 2. The minimum Gasteiger partial charge on any atom is -0.467 e. The zero-order chi connectivity index (χ0) is 12.3. The maximum atomic E-state index is 5.06. The highest BCUT2D eigenvalue weighted by atomic mass is 16.5. The molecule has 0 aliphatic heterocycles. The molecule has 1 aliphatic rings. The average molecular weight is 237 g/mol. The van der Waals surface area contributed by atoms with E-state index in [1.54, 1.807) is 7.11 Å². The van der Waals surface area contributed by atoms with Crippen molar-refractivity contribution in [3.63, 3.8) is 0 Å². The largest absolute Gasteiger partial charge is 0.467 e. The summed E-state index contributed by atoms with van der Waals surface area (Å²) in [4.78, 5) is 12.6. The van der Waals surface area contributed by atoms with E-state index in [1.165, 1.54) is 6.42 Å². The van der Waals surface area contributed by atoms with Crippen LogP contribution in [0.25, 0.3) is 0 Å². The predicted molar refractivity (Wildman–Crippen MR) is 66.4 cm³/mol. The molecule has 1 heterocycles. The monoisotopic (exact) mass is 237 g/mol. The molecule has 2 atom stereocenters. The first-order valence-corrected chi connectivity index (χ1v) is 6.03. The number of ether oxygens (including phenoxy) is 1. The van der Waals surface area contributed by atoms with Crippen molar-refractivity contribution in [1.82, 2.24) is 15.0 Å². The molecule has 6 nitrogen and oxygen atoms in total. The lowest BCUT2D eigenvalue weighted by Crippen LogP contribution is -2.12. The highest BCUT2D eigenvalue weighted by Crippen LogP contribution is 2.32. The smallest absolute Gasteiger partial charge is 0.322 e. The Morgan fingerprint density at radius 2 is 2.00 bits per heavy atom. The Morgan fingerprint density at radius 3 is 2.59 bits per heavy atom. The van der Waals surface area contributed by atoms with Crippen LogP contribution in [0.3, 0.4) is 0 Å². The molecule has 2 N–H and O–H groups in total. The first-order chi connectivity index (χ1) is 8.22. The number of methoxy groups -OCH3 is 1. The van der Waals surface area contributed by atoms with Gasteiger partial charge in [-0.3, -0.25) is 0 Å². The Balaban J connectivity index is 2.07. The van der Waals surface area contributed by atoms with Gasteiger partial charge in [-0.05, 0) is 18.8 Å². The first-order valence-electron chi connectivity index (χ1n) is 6.03. The van der Waals surface area contributed by atoms with Gasteiger partial charge in [-0.1, -0.05) is 13.8 Å². The number of rotatable bonds is 6. The Labute approximate surface area is 101 Å². The van der Waals surface area contributed by atoms with Crippen LogP contribution >= 0.6 is 0 Å². The third kappa shape index (κ3) is 3.18. The second kappa shape index (κ2) is 5.16. The molecule has 1 aliphatic carbocycles. The summed E-state index contributed by atoms with van der Waals surface area (Å²) in [5.74, 6) is 1.85. The highest BCUT2D eigenvalue weighted by molar-refractivity contribution is 5.37. The molecule has 2 unspecified atom stereocenters. The third-order valence-electron chi connectivity index (χ3n) is 2.75. The molecule has 17 heavy (non-hydrogen) atoms. The van der Waals surface area contributed by atoms with E-state index in [1.807, 2.05) is 0 Å². The van der Waals surface area contributed by atoms with Gasteiger partial charge in [0.15, 0.2) is 0 Å². The molecule has 0 saturated heterocycles. The van der Waals surface area contributed by atoms with Crippen LogP contribution < -0.4 is 15.4 Å². The zero-order valence-electron chi connectivity index (χ0n) is 10.5. The van der Waals surface area contributed by atoms with E-state index in [2.05, 4.69) is 39.4 Å². The standard InChI is InChI=1S/C11H19N5O/c1-4-5-12-9-14-10(13-8-6-7(8)2)16-11(15-9)17-3/h7-8H,4-6H2,1-3H3,(H2,12,13,14,15,16). The summed E-state index contributed by atoms with van der Waals surface area (Å²) in [6, 6.07) is 0.829. The van der Waals surface area contributed by atoms with Crippen molar-refractivity contribution >= 4 is 11.9 Å². The van der Waals surface area contributed by atoms with Crippen molar-refractivity contribution in [3.8, 4) is 6.01 Å². The average Bonchev–Trinajstić information content (AvgIpc) is 3.01. The quantitative estimate of drug-likeness (QED) is 0.781. The third-order valence-corrected chi connectivity index (χ3v) is 2.75.